The van der Waals surface area contributed by atoms with Gasteiger partial charge in [-0.2, -0.15) is 0 Å². The van der Waals surface area contributed by atoms with Gasteiger partial charge in [-0.3, -0.25) is 9.69 Å². The van der Waals surface area contributed by atoms with Crippen LogP contribution in [0.4, 0.5) is 15.8 Å². The summed E-state index contributed by atoms with van der Waals surface area (Å²) in [5.74, 6) is -1.78. The molecule has 8 rings (SSSR count). The first-order valence-electron chi connectivity index (χ1n) is 16.6. The Kier molecular flexibility index (Phi) is 8.39. The Labute approximate surface area is 293 Å². The van der Waals surface area contributed by atoms with Crippen LogP contribution in [0.15, 0.2) is 42.5 Å². The number of carboxylic acids is 1. The fourth-order valence-corrected chi connectivity index (χ4v) is 8.87. The summed E-state index contributed by atoms with van der Waals surface area (Å²) in [5.41, 5.74) is 3.04. The number of benzene rings is 3. The molecule has 13 heteroatoms. The van der Waals surface area contributed by atoms with Crippen molar-refractivity contribution in [3.05, 3.63) is 75.0 Å². The third-order valence-electron chi connectivity index (χ3n) is 10.9. The van der Waals surface area contributed by atoms with E-state index in [0.29, 0.717) is 42.4 Å². The molecule has 10 nitrogen and oxygen atoms in total. The number of para-hydroxylation sites is 1. The molecule has 0 saturated carbocycles. The van der Waals surface area contributed by atoms with Crippen LogP contribution >= 0.6 is 23.2 Å². The Morgan fingerprint density at radius 1 is 1.06 bits per heavy atom. The maximum absolute atomic E-state index is 15.7. The summed E-state index contributed by atoms with van der Waals surface area (Å²) in [6.45, 7) is 5.50. The van der Waals surface area contributed by atoms with Crippen molar-refractivity contribution in [1.29, 1.82) is 0 Å². The average Bonchev–Trinajstić information content (AvgIpc) is 3.29. The number of carbonyl (C=O) groups is 2. The van der Waals surface area contributed by atoms with Gasteiger partial charge in [-0.1, -0.05) is 41.4 Å². The number of fused-ring (bicyclic) bond motifs is 3. The van der Waals surface area contributed by atoms with Gasteiger partial charge in [-0.25, -0.2) is 9.18 Å². The SMILES string of the molecule is COCCN1CCC12CN(c1cc(Cl)c(C(=O)N3COc4c(cccc4-c4cc(N5C6CCC5COC6)c(C(=O)O)cc4F)C3)c(Cl)c1)C2. The molecule has 5 aliphatic rings. The van der Waals surface area contributed by atoms with Gasteiger partial charge in [0.05, 0.1) is 70.8 Å². The van der Waals surface area contributed by atoms with Gasteiger partial charge in [0.15, 0.2) is 6.73 Å². The molecule has 1 amide bonds. The topological polar surface area (TPSA) is 95.0 Å². The Balaban J connectivity index is 1.02. The molecule has 4 saturated heterocycles. The molecule has 2 atom stereocenters. The third kappa shape index (κ3) is 5.50. The van der Waals surface area contributed by atoms with Crippen LogP contribution in [-0.4, -0.2) is 104 Å². The number of ether oxygens (including phenoxy) is 3. The fourth-order valence-electron chi connectivity index (χ4n) is 8.24. The van der Waals surface area contributed by atoms with E-state index in [1.165, 1.54) is 4.90 Å². The summed E-state index contributed by atoms with van der Waals surface area (Å²) in [4.78, 5) is 34.3. The smallest absolute Gasteiger partial charge is 0.337 e. The van der Waals surface area contributed by atoms with E-state index < -0.39 is 11.8 Å². The quantitative estimate of drug-likeness (QED) is 0.313. The van der Waals surface area contributed by atoms with Crippen molar-refractivity contribution in [2.75, 3.05) is 69.6 Å². The molecule has 3 aromatic carbocycles. The van der Waals surface area contributed by atoms with Crippen LogP contribution in [0.5, 0.6) is 5.75 Å². The second kappa shape index (κ2) is 12.6. The van der Waals surface area contributed by atoms with Crippen LogP contribution in [0.2, 0.25) is 10.0 Å². The van der Waals surface area contributed by atoms with Gasteiger partial charge in [-0.05, 0) is 43.5 Å². The van der Waals surface area contributed by atoms with Crippen LogP contribution in [0.25, 0.3) is 11.1 Å². The van der Waals surface area contributed by atoms with Crippen LogP contribution in [0.3, 0.4) is 0 Å². The van der Waals surface area contributed by atoms with Gasteiger partial charge in [-0.15, -0.1) is 0 Å². The summed E-state index contributed by atoms with van der Waals surface area (Å²) in [7, 11) is 1.72. The highest BCUT2D eigenvalue weighted by Crippen LogP contribution is 2.45. The number of carbonyl (C=O) groups excluding carboxylic acids is 1. The molecular formula is C36H37Cl2FN4O6. The number of methoxy groups -OCH3 is 1. The summed E-state index contributed by atoms with van der Waals surface area (Å²) in [6, 6.07) is 11.7. The molecule has 258 valence electrons. The standard InChI is InChI=1S/C36H37Cl2FN4O6/c1-47-10-9-42-8-7-36(42)18-41(19-36)24-11-28(37)32(29(38)12-24)34(44)40-15-21-3-2-4-25(33(21)49-20-40)26-14-31(27(35(45)46)13-30(26)39)43-22-5-6-23(43)17-48-16-22/h2-4,11-14,22-23H,5-10,15-20H2,1H3,(H,45,46). The molecule has 0 radical (unpaired) electrons. The summed E-state index contributed by atoms with van der Waals surface area (Å²) < 4.78 is 32.9. The number of aromatic carboxylic acids is 1. The maximum Gasteiger partial charge on any atom is 0.337 e. The Morgan fingerprint density at radius 2 is 1.80 bits per heavy atom. The van der Waals surface area contributed by atoms with E-state index in [2.05, 4.69) is 14.7 Å². The highest BCUT2D eigenvalue weighted by Gasteiger charge is 2.53. The van der Waals surface area contributed by atoms with Crippen molar-refractivity contribution in [2.24, 2.45) is 0 Å². The predicted molar refractivity (Wildman–Crippen MR) is 184 cm³/mol. The molecule has 5 heterocycles. The maximum atomic E-state index is 15.7. The highest BCUT2D eigenvalue weighted by molar-refractivity contribution is 6.40. The van der Waals surface area contributed by atoms with Gasteiger partial charge in [0.25, 0.3) is 5.91 Å². The van der Waals surface area contributed by atoms with Gasteiger partial charge in [0, 0.05) is 55.7 Å². The predicted octanol–water partition coefficient (Wildman–Crippen LogP) is 5.77. The van der Waals surface area contributed by atoms with E-state index in [9.17, 15) is 14.7 Å². The highest BCUT2D eigenvalue weighted by atomic mass is 35.5. The lowest BCUT2D eigenvalue weighted by molar-refractivity contribution is -0.0482. The summed E-state index contributed by atoms with van der Waals surface area (Å²) in [5, 5.41) is 10.5. The molecule has 2 unspecified atom stereocenters. The van der Waals surface area contributed by atoms with Gasteiger partial charge < -0.3 is 34.0 Å². The van der Waals surface area contributed by atoms with E-state index in [0.717, 1.165) is 57.2 Å². The lowest BCUT2D eigenvalue weighted by atomic mass is 9.77. The summed E-state index contributed by atoms with van der Waals surface area (Å²) >= 11 is 13.5. The fraction of sp³-hybridized carbons (Fsp3) is 0.444. The molecule has 0 aliphatic carbocycles. The Hall–Kier alpha value is -3.61. The van der Waals surface area contributed by atoms with Gasteiger partial charge >= 0.3 is 5.97 Å². The van der Waals surface area contributed by atoms with E-state index in [-0.39, 0.29) is 63.5 Å². The first-order valence-corrected chi connectivity index (χ1v) is 17.4. The van der Waals surface area contributed by atoms with Crippen molar-refractivity contribution in [1.82, 2.24) is 9.80 Å². The zero-order valence-electron chi connectivity index (χ0n) is 27.1. The van der Waals surface area contributed by atoms with Crippen molar-refractivity contribution in [3.63, 3.8) is 0 Å². The number of nitrogens with zero attached hydrogens (tertiary/aromatic N) is 4. The minimum absolute atomic E-state index is 0.0325. The van der Waals surface area contributed by atoms with Crippen LogP contribution in [-0.2, 0) is 16.0 Å². The zero-order valence-corrected chi connectivity index (χ0v) is 28.6. The first-order chi connectivity index (χ1) is 23.7. The minimum atomic E-state index is -1.19. The molecule has 1 N–H and O–H groups in total. The molecule has 0 aromatic heterocycles. The minimum Gasteiger partial charge on any atom is -0.478 e. The number of amides is 1. The monoisotopic (exact) mass is 710 g/mol. The third-order valence-corrected chi connectivity index (χ3v) is 11.5. The van der Waals surface area contributed by atoms with E-state index in [1.807, 2.05) is 6.07 Å². The molecule has 1 spiro atoms. The second-order valence-corrected chi connectivity index (χ2v) is 14.5. The summed E-state index contributed by atoms with van der Waals surface area (Å²) in [6.07, 6.45) is 2.90. The molecule has 49 heavy (non-hydrogen) atoms. The number of anilines is 2. The zero-order chi connectivity index (χ0) is 34.0. The lowest BCUT2D eigenvalue weighted by Gasteiger charge is -2.63. The van der Waals surface area contributed by atoms with Crippen LogP contribution < -0.4 is 14.5 Å². The van der Waals surface area contributed by atoms with Crippen molar-refractivity contribution < 1.29 is 33.3 Å². The number of halogens is 3. The molecule has 3 aromatic rings. The number of morpholine rings is 1. The van der Waals surface area contributed by atoms with Crippen LogP contribution in [0.1, 0.15) is 45.5 Å². The van der Waals surface area contributed by atoms with E-state index >= 15 is 4.39 Å². The largest absolute Gasteiger partial charge is 0.478 e. The van der Waals surface area contributed by atoms with Crippen molar-refractivity contribution >= 4 is 46.5 Å². The van der Waals surface area contributed by atoms with Gasteiger partial charge in [0.2, 0.25) is 0 Å². The second-order valence-electron chi connectivity index (χ2n) is 13.6. The number of rotatable bonds is 8. The van der Waals surface area contributed by atoms with E-state index in [1.54, 1.807) is 37.4 Å². The first kappa shape index (κ1) is 32.6. The molecular weight excluding hydrogens is 674 g/mol. The normalized spacial score (nSPS) is 22.4. The lowest BCUT2D eigenvalue weighted by Crippen LogP contribution is -2.77. The number of likely N-dealkylation sites (tertiary alicyclic amines) is 1. The van der Waals surface area contributed by atoms with E-state index in [4.69, 9.17) is 37.4 Å². The van der Waals surface area contributed by atoms with Gasteiger partial charge in [0.1, 0.15) is 11.6 Å². The van der Waals surface area contributed by atoms with Crippen LogP contribution in [0, 0.1) is 5.82 Å². The van der Waals surface area contributed by atoms with Crippen molar-refractivity contribution in [3.8, 4) is 16.9 Å². The molecule has 5 aliphatic heterocycles. The molecule has 2 bridgehead atoms. The number of hydrogen-bond donors (Lipinski definition) is 1. The average molecular weight is 712 g/mol. The number of hydrogen-bond acceptors (Lipinski definition) is 8. The number of carboxylic acid groups (broad SMARTS) is 1. The Bertz CT molecular complexity index is 1800. The Morgan fingerprint density at radius 3 is 2.45 bits per heavy atom. The molecule has 4 fully saturated rings. The van der Waals surface area contributed by atoms with Crippen molar-refractivity contribution in [2.45, 2.75) is 43.4 Å².